The van der Waals surface area contributed by atoms with Gasteiger partial charge in [-0.05, 0) is 22.4 Å². The van der Waals surface area contributed by atoms with Crippen molar-refractivity contribution in [1.29, 1.82) is 0 Å². The van der Waals surface area contributed by atoms with Gasteiger partial charge in [-0.25, -0.2) is 0 Å². The minimum atomic E-state index is -2.23. The molecule has 0 aliphatic carbocycles. The molecule has 0 aliphatic rings. The van der Waals surface area contributed by atoms with Crippen LogP contribution in [0.4, 0.5) is 0 Å². The smallest absolute Gasteiger partial charge is 0.0313 e. The maximum Gasteiger partial charge on any atom is 0.0313 e. The minimum Gasteiger partial charge on any atom is -0.763 e. The van der Waals surface area contributed by atoms with Gasteiger partial charge in [0.15, 0.2) is 0 Å². The van der Waals surface area contributed by atoms with Crippen molar-refractivity contribution < 1.29 is 8.76 Å². The van der Waals surface area contributed by atoms with Gasteiger partial charge in [-0.2, -0.15) is 0 Å². The highest BCUT2D eigenvalue weighted by Crippen LogP contribution is 2.05. The SMILES string of the molecule is O=S([O-])S(=S)(=S)I. The standard InChI is InChI=1S/HIO2S4/c1-7(4,5)6(2)3/h(H,2,3)/p-1. The molecule has 1 unspecified atom stereocenters. The van der Waals surface area contributed by atoms with Crippen molar-refractivity contribution in [3.8, 4) is 0 Å². The summed E-state index contributed by atoms with van der Waals surface area (Å²) in [6.07, 6.45) is 0. The lowest BCUT2D eigenvalue weighted by molar-refractivity contribution is 0.553. The van der Waals surface area contributed by atoms with Crippen LogP contribution in [-0.4, -0.2) is 8.76 Å². The van der Waals surface area contributed by atoms with E-state index in [4.69, 9.17) is 0 Å². The number of hydrogen-bond donors (Lipinski definition) is 0. The molecular formula is IO2S4-. The molecule has 0 aromatic rings. The summed E-state index contributed by atoms with van der Waals surface area (Å²) in [5.74, 6) is 0. The van der Waals surface area contributed by atoms with Crippen LogP contribution in [0.3, 0.4) is 0 Å². The zero-order valence-corrected chi connectivity index (χ0v) is 8.25. The van der Waals surface area contributed by atoms with E-state index in [1.54, 1.807) is 21.2 Å². The predicted molar refractivity (Wildman–Crippen MR) is 45.0 cm³/mol. The second kappa shape index (κ2) is 2.97. The predicted octanol–water partition coefficient (Wildman–Crippen LogP) is 0.208. The van der Waals surface area contributed by atoms with Crippen LogP contribution < -0.4 is 0 Å². The quantitative estimate of drug-likeness (QED) is 0.299. The lowest BCUT2D eigenvalue weighted by Crippen LogP contribution is -1.92. The van der Waals surface area contributed by atoms with Gasteiger partial charge < -0.3 is 4.55 Å². The van der Waals surface area contributed by atoms with Crippen molar-refractivity contribution in [3.63, 3.8) is 0 Å². The van der Waals surface area contributed by atoms with Crippen molar-refractivity contribution >= 4 is 57.0 Å². The van der Waals surface area contributed by atoms with Crippen molar-refractivity contribution in [2.24, 2.45) is 0 Å². The fourth-order valence-corrected chi connectivity index (χ4v) is 0. The van der Waals surface area contributed by atoms with E-state index in [2.05, 4.69) is 22.4 Å². The highest BCUT2D eigenvalue weighted by atomic mass is 127. The van der Waals surface area contributed by atoms with E-state index in [9.17, 15) is 8.76 Å². The van der Waals surface area contributed by atoms with Gasteiger partial charge in [0.25, 0.3) is 0 Å². The highest BCUT2D eigenvalue weighted by molar-refractivity contribution is 14.2. The van der Waals surface area contributed by atoms with E-state index >= 15 is 0 Å². The average molecular weight is 287 g/mol. The Morgan fingerprint density at radius 1 is 1.71 bits per heavy atom. The molecule has 0 fully saturated rings. The van der Waals surface area contributed by atoms with Crippen LogP contribution in [-0.2, 0) is 35.8 Å². The van der Waals surface area contributed by atoms with Gasteiger partial charge in [-0.3, -0.25) is 4.21 Å². The monoisotopic (exact) mass is 287 g/mol. The molecule has 7 heteroatoms. The molecule has 0 heterocycles. The van der Waals surface area contributed by atoms with Gasteiger partial charge in [0.2, 0.25) is 0 Å². The Kier molecular flexibility index (Phi) is 3.66. The molecule has 7 heavy (non-hydrogen) atoms. The lowest BCUT2D eigenvalue weighted by atomic mass is 15.9. The number of hydrogen-bond acceptors (Lipinski definition) is 4. The van der Waals surface area contributed by atoms with Gasteiger partial charge in [0.1, 0.15) is 0 Å². The molecule has 0 saturated carbocycles. The second-order valence-electron chi connectivity index (χ2n) is 0.597. The first-order valence-electron chi connectivity index (χ1n) is 0.988. The molecule has 1 atom stereocenters. The van der Waals surface area contributed by atoms with Crippen LogP contribution in [0, 0.1) is 0 Å². The maximum atomic E-state index is 9.84. The molecule has 2 nitrogen and oxygen atoms in total. The van der Waals surface area contributed by atoms with E-state index in [-0.39, 0.29) is 0 Å². The molecule has 0 spiro atoms. The van der Waals surface area contributed by atoms with Crippen molar-refractivity contribution in [2.75, 3.05) is 0 Å². The first kappa shape index (κ1) is 8.63. The van der Waals surface area contributed by atoms with Crippen molar-refractivity contribution in [3.05, 3.63) is 0 Å². The molecule has 0 aromatic heterocycles. The Morgan fingerprint density at radius 2 is 1.86 bits per heavy atom. The molecule has 44 valence electrons. The summed E-state index contributed by atoms with van der Waals surface area (Å²) in [5, 5.41) is 0. The molecule has 0 radical (unpaired) electrons. The number of rotatable bonds is 1. The van der Waals surface area contributed by atoms with E-state index in [0.29, 0.717) is 0 Å². The number of halogens is 1. The summed E-state index contributed by atoms with van der Waals surface area (Å²) in [4.78, 5) is 0. The summed E-state index contributed by atoms with van der Waals surface area (Å²) in [6, 6.07) is 0. The second-order valence-corrected chi connectivity index (χ2v) is 18.3. The molecule has 0 aromatic carbocycles. The topological polar surface area (TPSA) is 40.1 Å². The Morgan fingerprint density at radius 3 is 1.86 bits per heavy atom. The van der Waals surface area contributed by atoms with Crippen LogP contribution in [0.25, 0.3) is 0 Å². The molecular weight excluding hydrogens is 287 g/mol. The van der Waals surface area contributed by atoms with Gasteiger partial charge in [-0.15, -0.1) is 0 Å². The minimum absolute atomic E-state index is 1.57. The van der Waals surface area contributed by atoms with Gasteiger partial charge >= 0.3 is 0 Å². The third-order valence-electron chi connectivity index (χ3n) is 0.163. The summed E-state index contributed by atoms with van der Waals surface area (Å²) in [5.41, 5.74) is 0. The fraction of sp³-hybridized carbons (Fsp3) is 0. The lowest BCUT2D eigenvalue weighted by Gasteiger charge is -2.01. The Labute approximate surface area is 65.1 Å². The highest BCUT2D eigenvalue weighted by Gasteiger charge is 1.89. The Bertz CT molecular complexity index is 164. The van der Waals surface area contributed by atoms with Crippen LogP contribution in [0.1, 0.15) is 0 Å². The van der Waals surface area contributed by atoms with Crippen LogP contribution >= 0.6 is 21.2 Å². The summed E-state index contributed by atoms with van der Waals surface area (Å²) >= 11 is 10.3. The van der Waals surface area contributed by atoms with Crippen LogP contribution in [0.2, 0.25) is 0 Å². The fourth-order valence-electron chi connectivity index (χ4n) is 0. The maximum absolute atomic E-state index is 9.84. The third kappa shape index (κ3) is 4.15. The van der Waals surface area contributed by atoms with Crippen molar-refractivity contribution in [1.82, 2.24) is 0 Å². The third-order valence-corrected chi connectivity index (χ3v) is 6.11. The zero-order valence-electron chi connectivity index (χ0n) is 2.83. The van der Waals surface area contributed by atoms with Gasteiger partial charge in [-0.1, -0.05) is 0 Å². The van der Waals surface area contributed by atoms with Crippen molar-refractivity contribution in [2.45, 2.75) is 0 Å². The van der Waals surface area contributed by atoms with Crippen LogP contribution in [0.5, 0.6) is 0 Å². The molecule has 0 saturated heterocycles. The zero-order chi connectivity index (χ0) is 6.08. The summed E-state index contributed by atoms with van der Waals surface area (Å²) in [6.45, 7) is 0. The van der Waals surface area contributed by atoms with E-state index in [0.717, 1.165) is 0 Å². The largest absolute Gasteiger partial charge is 0.763 e. The molecule has 0 amide bonds. The summed E-state index contributed by atoms with van der Waals surface area (Å²) < 4.78 is 17.5. The first-order valence-corrected chi connectivity index (χ1v) is 8.61. The molecule has 0 aliphatic heterocycles. The normalized spacial score (nSPS) is 16.3. The van der Waals surface area contributed by atoms with E-state index in [1.807, 2.05) is 0 Å². The molecule has 0 N–H and O–H groups in total. The van der Waals surface area contributed by atoms with Gasteiger partial charge in [0.05, 0.1) is 0 Å². The Hall–Kier alpha value is 1.63. The van der Waals surface area contributed by atoms with Crippen LogP contribution in [0.15, 0.2) is 0 Å². The molecule has 0 rings (SSSR count). The van der Waals surface area contributed by atoms with E-state index in [1.165, 1.54) is 0 Å². The Balaban J connectivity index is 4.43. The summed E-state index contributed by atoms with van der Waals surface area (Å²) in [7, 11) is -2.23. The average Bonchev–Trinajstić information content (AvgIpc) is 1.31. The molecule has 0 bridgehead atoms. The first-order chi connectivity index (χ1) is 2.94. The van der Waals surface area contributed by atoms with E-state index < -0.39 is 13.5 Å². The van der Waals surface area contributed by atoms with Gasteiger partial charge in [0, 0.05) is 34.7 Å².